The van der Waals surface area contributed by atoms with Gasteiger partial charge in [0, 0.05) is 21.1 Å². The molecule has 0 fully saturated rings. The third kappa shape index (κ3) is 4.69. The van der Waals surface area contributed by atoms with Crippen LogP contribution >= 0.6 is 22.6 Å². The number of nitro groups is 1. The zero-order valence-corrected chi connectivity index (χ0v) is 21.6. The van der Waals surface area contributed by atoms with Crippen molar-refractivity contribution in [3.63, 3.8) is 0 Å². The first kappa shape index (κ1) is 24.0. The Hall–Kier alpha value is -3.76. The number of benzene rings is 6. The molecule has 0 aliphatic heterocycles. The van der Waals surface area contributed by atoms with Gasteiger partial charge >= 0.3 is 10.1 Å². The molecule has 178 valence electrons. The lowest BCUT2D eigenvalue weighted by molar-refractivity contribution is -0.384. The summed E-state index contributed by atoms with van der Waals surface area (Å²) in [4.78, 5) is 10.3. The molecular formula is C28H18INO5S. The van der Waals surface area contributed by atoms with Crippen molar-refractivity contribution >= 4 is 70.7 Å². The maximum absolute atomic E-state index is 13.0. The van der Waals surface area contributed by atoms with Gasteiger partial charge in [0.25, 0.3) is 5.69 Å². The van der Waals surface area contributed by atoms with Gasteiger partial charge in [-0.1, -0.05) is 66.7 Å². The summed E-state index contributed by atoms with van der Waals surface area (Å²) in [6.07, 6.45) is 0. The summed E-state index contributed by atoms with van der Waals surface area (Å²) >= 11 is 2.28. The number of hydrogen-bond acceptors (Lipinski definition) is 5. The van der Waals surface area contributed by atoms with Gasteiger partial charge in [0.1, 0.15) is 10.6 Å². The molecule has 0 spiro atoms. The molecule has 0 heterocycles. The minimum absolute atomic E-state index is 0.0151. The summed E-state index contributed by atoms with van der Waals surface area (Å²) in [5, 5.41) is 16.2. The average molecular weight is 607 g/mol. The van der Waals surface area contributed by atoms with Gasteiger partial charge in [0.2, 0.25) is 0 Å². The normalized spacial score (nSPS) is 11.4. The Morgan fingerprint density at radius 3 is 1.83 bits per heavy atom. The smallest absolute Gasteiger partial charge is 0.339 e. The fourth-order valence-electron chi connectivity index (χ4n) is 4.14. The second-order valence-electron chi connectivity index (χ2n) is 8.00. The molecule has 6 aromatic carbocycles. The van der Waals surface area contributed by atoms with Crippen molar-refractivity contribution in [2.24, 2.45) is 0 Å². The van der Waals surface area contributed by atoms with E-state index < -0.39 is 15.0 Å². The zero-order chi connectivity index (χ0) is 25.3. The van der Waals surface area contributed by atoms with Crippen LogP contribution in [0.5, 0.6) is 5.75 Å². The van der Waals surface area contributed by atoms with Gasteiger partial charge in [-0.25, -0.2) is 0 Å². The standard InChI is InChI=1S/C22H13NO5S.C6H5I/c24-23(25)17-8-10-18(11-9-17)28-29(26,27)20-13-7-16-5-4-14-2-1-3-15-6-12-19(20)22(16)21(14)15;7-6-4-2-1-3-5-6/h1-13H;1-5H. The lowest BCUT2D eigenvalue weighted by atomic mass is 9.94. The van der Waals surface area contributed by atoms with E-state index >= 15 is 0 Å². The van der Waals surface area contributed by atoms with E-state index in [1.165, 1.54) is 33.9 Å². The largest absolute Gasteiger partial charge is 0.379 e. The van der Waals surface area contributed by atoms with Crippen molar-refractivity contribution in [3.05, 3.63) is 123 Å². The molecule has 6 nitrogen and oxygen atoms in total. The molecule has 0 N–H and O–H groups in total. The Balaban J connectivity index is 0.000000330. The first-order valence-corrected chi connectivity index (χ1v) is 13.4. The molecule has 0 saturated carbocycles. The number of nitrogens with zero attached hydrogens (tertiary/aromatic N) is 1. The predicted molar refractivity (Wildman–Crippen MR) is 150 cm³/mol. The third-order valence-electron chi connectivity index (χ3n) is 5.74. The maximum Gasteiger partial charge on any atom is 0.339 e. The highest BCUT2D eigenvalue weighted by molar-refractivity contribution is 14.1. The first-order chi connectivity index (χ1) is 17.3. The molecule has 0 unspecified atom stereocenters. The second kappa shape index (κ2) is 9.71. The van der Waals surface area contributed by atoms with Crippen LogP contribution in [0.1, 0.15) is 0 Å². The molecule has 36 heavy (non-hydrogen) atoms. The van der Waals surface area contributed by atoms with Crippen LogP contribution in [0.3, 0.4) is 0 Å². The Kier molecular flexibility index (Phi) is 6.46. The minimum atomic E-state index is -4.14. The van der Waals surface area contributed by atoms with Crippen LogP contribution in [0.4, 0.5) is 5.69 Å². The van der Waals surface area contributed by atoms with Crippen molar-refractivity contribution in [2.45, 2.75) is 4.90 Å². The van der Waals surface area contributed by atoms with Crippen LogP contribution in [-0.4, -0.2) is 13.3 Å². The second-order valence-corrected chi connectivity index (χ2v) is 10.8. The summed E-state index contributed by atoms with van der Waals surface area (Å²) in [5.41, 5.74) is -0.141. The minimum Gasteiger partial charge on any atom is -0.379 e. The summed E-state index contributed by atoms with van der Waals surface area (Å²) in [6, 6.07) is 32.1. The molecule has 6 rings (SSSR count). The number of nitro benzene ring substituents is 1. The fourth-order valence-corrected chi connectivity index (χ4v) is 5.68. The SMILES string of the molecule is Ic1ccccc1.O=[N+]([O-])c1ccc(OS(=O)(=O)c2ccc3ccc4cccc5ccc2c3c45)cc1. The van der Waals surface area contributed by atoms with E-state index in [1.807, 2.05) is 54.6 Å². The van der Waals surface area contributed by atoms with Crippen LogP contribution in [-0.2, 0) is 10.1 Å². The van der Waals surface area contributed by atoms with Crippen LogP contribution in [0.2, 0.25) is 0 Å². The van der Waals surface area contributed by atoms with Crippen molar-refractivity contribution in [1.82, 2.24) is 0 Å². The van der Waals surface area contributed by atoms with Crippen molar-refractivity contribution in [3.8, 4) is 5.75 Å². The molecule has 8 heteroatoms. The number of halogens is 1. The molecule has 0 amide bonds. The molecule has 0 bridgehead atoms. The average Bonchev–Trinajstić information content (AvgIpc) is 2.88. The van der Waals surface area contributed by atoms with E-state index in [-0.39, 0.29) is 16.3 Å². The van der Waals surface area contributed by atoms with E-state index in [0.717, 1.165) is 26.9 Å². The fraction of sp³-hybridized carbons (Fsp3) is 0. The first-order valence-electron chi connectivity index (χ1n) is 10.9. The number of hydrogen-bond donors (Lipinski definition) is 0. The quantitative estimate of drug-likeness (QED) is 0.0679. The van der Waals surface area contributed by atoms with E-state index in [4.69, 9.17) is 4.18 Å². The summed E-state index contributed by atoms with van der Waals surface area (Å²) in [5.74, 6) is 0.0151. The van der Waals surface area contributed by atoms with Gasteiger partial charge in [-0.05, 0) is 79.9 Å². The lowest BCUT2D eigenvalue weighted by Gasteiger charge is -2.14. The molecule has 0 radical (unpaired) electrons. The summed E-state index contributed by atoms with van der Waals surface area (Å²) < 4.78 is 32.6. The number of rotatable bonds is 4. The summed E-state index contributed by atoms with van der Waals surface area (Å²) in [6.45, 7) is 0. The molecule has 0 aliphatic carbocycles. The monoisotopic (exact) mass is 607 g/mol. The van der Waals surface area contributed by atoms with Crippen molar-refractivity contribution in [1.29, 1.82) is 0 Å². The highest BCUT2D eigenvalue weighted by Crippen LogP contribution is 2.37. The highest BCUT2D eigenvalue weighted by Gasteiger charge is 2.22. The molecule has 0 saturated heterocycles. The van der Waals surface area contributed by atoms with E-state index in [9.17, 15) is 18.5 Å². The van der Waals surface area contributed by atoms with E-state index in [0.29, 0.717) is 5.39 Å². The summed E-state index contributed by atoms with van der Waals surface area (Å²) in [7, 11) is -4.14. The Bertz CT molecular complexity index is 1790. The van der Waals surface area contributed by atoms with Crippen LogP contribution in [0.25, 0.3) is 32.3 Å². The van der Waals surface area contributed by atoms with Crippen LogP contribution < -0.4 is 4.18 Å². The molecule has 6 aromatic rings. The van der Waals surface area contributed by atoms with Gasteiger partial charge in [-0.15, -0.1) is 0 Å². The van der Waals surface area contributed by atoms with Gasteiger partial charge < -0.3 is 4.18 Å². The van der Waals surface area contributed by atoms with E-state index in [1.54, 1.807) is 12.1 Å². The van der Waals surface area contributed by atoms with Crippen molar-refractivity contribution < 1.29 is 17.5 Å². The zero-order valence-electron chi connectivity index (χ0n) is 18.7. The molecular weight excluding hydrogens is 589 g/mol. The van der Waals surface area contributed by atoms with E-state index in [2.05, 4.69) is 34.7 Å². The van der Waals surface area contributed by atoms with Gasteiger partial charge in [0.05, 0.1) is 4.92 Å². The van der Waals surface area contributed by atoms with Gasteiger partial charge in [-0.3, -0.25) is 10.1 Å². The van der Waals surface area contributed by atoms with Crippen LogP contribution in [0, 0.1) is 13.7 Å². The Labute approximate surface area is 220 Å². The van der Waals surface area contributed by atoms with Crippen LogP contribution in [0.15, 0.2) is 114 Å². The maximum atomic E-state index is 13.0. The topological polar surface area (TPSA) is 86.5 Å². The number of non-ortho nitro benzene ring substituents is 1. The Morgan fingerprint density at radius 1 is 0.667 bits per heavy atom. The molecule has 0 aromatic heterocycles. The molecule has 0 aliphatic rings. The lowest BCUT2D eigenvalue weighted by Crippen LogP contribution is -2.10. The third-order valence-corrected chi connectivity index (χ3v) is 7.77. The predicted octanol–water partition coefficient (Wildman–Crippen LogP) is 7.55. The molecule has 0 atom stereocenters. The van der Waals surface area contributed by atoms with Gasteiger partial charge in [0.15, 0.2) is 0 Å². The van der Waals surface area contributed by atoms with Gasteiger partial charge in [-0.2, -0.15) is 8.42 Å². The highest BCUT2D eigenvalue weighted by atomic mass is 127. The Morgan fingerprint density at radius 2 is 1.25 bits per heavy atom. The van der Waals surface area contributed by atoms with Crippen molar-refractivity contribution in [2.75, 3.05) is 0 Å².